The van der Waals surface area contributed by atoms with Gasteiger partial charge in [0, 0.05) is 0 Å². The van der Waals surface area contributed by atoms with Crippen molar-refractivity contribution < 1.29 is 0 Å². The standard InChI is InChI=1S/C15H21NS/c1-3-4-5-6-7-8-13-9-10-15-14(11-13)16-12(2)17-15/h9-11H,3-8H2,1-2H3. The highest BCUT2D eigenvalue weighted by atomic mass is 32.1. The molecule has 0 fully saturated rings. The lowest BCUT2D eigenvalue weighted by Crippen LogP contribution is -1.86. The van der Waals surface area contributed by atoms with Crippen LogP contribution in [-0.4, -0.2) is 4.98 Å². The number of benzene rings is 1. The minimum absolute atomic E-state index is 1.17. The fourth-order valence-corrected chi connectivity index (χ4v) is 2.98. The van der Waals surface area contributed by atoms with Crippen LogP contribution in [0.25, 0.3) is 10.2 Å². The molecule has 0 unspecified atom stereocenters. The summed E-state index contributed by atoms with van der Waals surface area (Å²) < 4.78 is 1.32. The Morgan fingerprint density at radius 2 is 1.94 bits per heavy atom. The van der Waals surface area contributed by atoms with Crippen molar-refractivity contribution in [3.63, 3.8) is 0 Å². The molecule has 2 heteroatoms. The predicted octanol–water partition coefficient (Wildman–Crippen LogP) is 5.12. The summed E-state index contributed by atoms with van der Waals surface area (Å²) in [7, 11) is 0. The van der Waals surface area contributed by atoms with E-state index < -0.39 is 0 Å². The number of nitrogens with zero attached hydrogens (tertiary/aromatic N) is 1. The Kier molecular flexibility index (Phi) is 4.55. The van der Waals surface area contributed by atoms with E-state index in [1.807, 2.05) is 0 Å². The van der Waals surface area contributed by atoms with Gasteiger partial charge in [-0.25, -0.2) is 4.98 Å². The highest BCUT2D eigenvalue weighted by Gasteiger charge is 2.01. The largest absolute Gasteiger partial charge is 0.242 e. The Morgan fingerprint density at radius 1 is 1.12 bits per heavy atom. The van der Waals surface area contributed by atoms with Crippen molar-refractivity contribution in [1.82, 2.24) is 4.98 Å². The molecule has 0 aliphatic heterocycles. The summed E-state index contributed by atoms with van der Waals surface area (Å²) in [5.74, 6) is 0. The molecule has 1 nitrogen and oxygen atoms in total. The fourth-order valence-electron chi connectivity index (χ4n) is 2.18. The Labute approximate surface area is 108 Å². The first-order valence-corrected chi connectivity index (χ1v) is 7.47. The normalized spacial score (nSPS) is 11.2. The highest BCUT2D eigenvalue weighted by Crippen LogP contribution is 2.23. The van der Waals surface area contributed by atoms with Gasteiger partial charge in [-0.15, -0.1) is 11.3 Å². The molecule has 92 valence electrons. The Hall–Kier alpha value is -0.890. The van der Waals surface area contributed by atoms with Crippen LogP contribution in [0, 0.1) is 6.92 Å². The van der Waals surface area contributed by atoms with Crippen molar-refractivity contribution in [3.05, 3.63) is 28.8 Å². The van der Waals surface area contributed by atoms with E-state index in [1.54, 1.807) is 11.3 Å². The van der Waals surface area contributed by atoms with Gasteiger partial charge in [-0.1, -0.05) is 38.7 Å². The minimum Gasteiger partial charge on any atom is -0.242 e. The Bertz CT molecular complexity index is 473. The highest BCUT2D eigenvalue weighted by molar-refractivity contribution is 7.18. The van der Waals surface area contributed by atoms with Gasteiger partial charge in [0.05, 0.1) is 15.2 Å². The molecular weight excluding hydrogens is 226 g/mol. The van der Waals surface area contributed by atoms with Gasteiger partial charge in [0.15, 0.2) is 0 Å². The summed E-state index contributed by atoms with van der Waals surface area (Å²) >= 11 is 1.78. The topological polar surface area (TPSA) is 12.9 Å². The molecule has 0 bridgehead atoms. The van der Waals surface area contributed by atoms with Gasteiger partial charge in [-0.3, -0.25) is 0 Å². The summed E-state index contributed by atoms with van der Waals surface area (Å²) in [6.45, 7) is 4.34. The maximum Gasteiger partial charge on any atom is 0.0907 e. The summed E-state index contributed by atoms with van der Waals surface area (Å²) in [5, 5.41) is 1.17. The third-order valence-corrected chi connectivity index (χ3v) is 4.08. The molecule has 1 heterocycles. The summed E-state index contributed by atoms with van der Waals surface area (Å²) in [4.78, 5) is 4.55. The van der Waals surface area contributed by atoms with Crippen LogP contribution in [-0.2, 0) is 6.42 Å². The predicted molar refractivity (Wildman–Crippen MR) is 76.8 cm³/mol. The smallest absolute Gasteiger partial charge is 0.0907 e. The van der Waals surface area contributed by atoms with E-state index in [4.69, 9.17) is 0 Å². The van der Waals surface area contributed by atoms with Crippen LogP contribution in [0.1, 0.15) is 49.6 Å². The molecule has 0 spiro atoms. The zero-order chi connectivity index (χ0) is 12.1. The lowest BCUT2D eigenvalue weighted by Gasteiger charge is -2.01. The molecule has 17 heavy (non-hydrogen) atoms. The van der Waals surface area contributed by atoms with E-state index in [9.17, 15) is 0 Å². The van der Waals surface area contributed by atoms with Gasteiger partial charge in [0.25, 0.3) is 0 Å². The fraction of sp³-hybridized carbons (Fsp3) is 0.533. The van der Waals surface area contributed by atoms with E-state index in [1.165, 1.54) is 59.3 Å². The third kappa shape index (κ3) is 3.53. The van der Waals surface area contributed by atoms with E-state index in [0.717, 1.165) is 0 Å². The second-order valence-corrected chi connectivity index (χ2v) is 5.93. The first-order valence-electron chi connectivity index (χ1n) is 6.65. The molecule has 0 amide bonds. The van der Waals surface area contributed by atoms with E-state index >= 15 is 0 Å². The maximum absolute atomic E-state index is 4.55. The maximum atomic E-state index is 4.55. The molecule has 0 atom stereocenters. The number of hydrogen-bond donors (Lipinski definition) is 0. The first kappa shape index (κ1) is 12.6. The number of hydrogen-bond acceptors (Lipinski definition) is 2. The summed E-state index contributed by atoms with van der Waals surface area (Å²) in [6.07, 6.45) is 7.97. The van der Waals surface area contributed by atoms with Crippen molar-refractivity contribution in [2.75, 3.05) is 0 Å². The Balaban J connectivity index is 1.90. The molecule has 0 aliphatic rings. The van der Waals surface area contributed by atoms with Gasteiger partial charge in [0.1, 0.15) is 0 Å². The molecule has 2 aromatic rings. The number of aryl methyl sites for hydroxylation is 2. The van der Waals surface area contributed by atoms with Gasteiger partial charge < -0.3 is 0 Å². The van der Waals surface area contributed by atoms with Crippen LogP contribution in [0.3, 0.4) is 0 Å². The second-order valence-electron chi connectivity index (χ2n) is 4.70. The van der Waals surface area contributed by atoms with Crippen LogP contribution < -0.4 is 0 Å². The lowest BCUT2D eigenvalue weighted by atomic mass is 10.1. The molecule has 0 saturated heterocycles. The molecular formula is C15H21NS. The Morgan fingerprint density at radius 3 is 2.76 bits per heavy atom. The summed E-state index contributed by atoms with van der Waals surface area (Å²) in [6, 6.07) is 6.75. The van der Waals surface area contributed by atoms with Gasteiger partial charge in [0.2, 0.25) is 0 Å². The van der Waals surface area contributed by atoms with Crippen molar-refractivity contribution in [3.8, 4) is 0 Å². The number of rotatable bonds is 6. The number of unbranched alkanes of at least 4 members (excludes halogenated alkanes) is 4. The third-order valence-electron chi connectivity index (χ3n) is 3.13. The lowest BCUT2D eigenvalue weighted by molar-refractivity contribution is 0.632. The molecule has 0 radical (unpaired) electrons. The second kappa shape index (κ2) is 6.15. The van der Waals surface area contributed by atoms with Crippen molar-refractivity contribution in [2.45, 2.75) is 52.4 Å². The van der Waals surface area contributed by atoms with Crippen molar-refractivity contribution in [1.29, 1.82) is 0 Å². The molecule has 0 N–H and O–H groups in total. The average Bonchev–Trinajstić information content (AvgIpc) is 2.68. The average molecular weight is 247 g/mol. The molecule has 1 aromatic heterocycles. The van der Waals surface area contributed by atoms with Crippen LogP contribution >= 0.6 is 11.3 Å². The van der Waals surface area contributed by atoms with Gasteiger partial charge >= 0.3 is 0 Å². The zero-order valence-corrected chi connectivity index (χ0v) is 11.6. The number of fused-ring (bicyclic) bond motifs is 1. The minimum atomic E-state index is 1.17. The van der Waals surface area contributed by atoms with Crippen LogP contribution in [0.2, 0.25) is 0 Å². The summed E-state index contributed by atoms with van der Waals surface area (Å²) in [5.41, 5.74) is 2.62. The number of aromatic nitrogens is 1. The van der Waals surface area contributed by atoms with Gasteiger partial charge in [-0.2, -0.15) is 0 Å². The monoisotopic (exact) mass is 247 g/mol. The first-order chi connectivity index (χ1) is 8.29. The van der Waals surface area contributed by atoms with E-state index in [2.05, 4.69) is 37.0 Å². The van der Waals surface area contributed by atoms with Crippen molar-refractivity contribution >= 4 is 21.6 Å². The van der Waals surface area contributed by atoms with Crippen LogP contribution in [0.5, 0.6) is 0 Å². The SMILES string of the molecule is CCCCCCCc1ccc2sc(C)nc2c1. The van der Waals surface area contributed by atoms with E-state index in [0.29, 0.717) is 0 Å². The number of thiazole rings is 1. The van der Waals surface area contributed by atoms with Crippen LogP contribution in [0.4, 0.5) is 0 Å². The van der Waals surface area contributed by atoms with Crippen molar-refractivity contribution in [2.24, 2.45) is 0 Å². The van der Waals surface area contributed by atoms with Crippen LogP contribution in [0.15, 0.2) is 18.2 Å². The zero-order valence-electron chi connectivity index (χ0n) is 10.8. The van der Waals surface area contributed by atoms with E-state index in [-0.39, 0.29) is 0 Å². The molecule has 1 aromatic carbocycles. The molecule has 2 rings (SSSR count). The quantitative estimate of drug-likeness (QED) is 0.646. The van der Waals surface area contributed by atoms with Gasteiger partial charge in [-0.05, 0) is 37.5 Å². The molecule has 0 aliphatic carbocycles. The molecule has 0 saturated carbocycles.